The molecule has 5 nitrogen and oxygen atoms in total. The molecule has 0 aromatic heterocycles. The molecule has 0 saturated carbocycles. The molecule has 24 heavy (non-hydrogen) atoms. The Labute approximate surface area is 140 Å². The van der Waals surface area contributed by atoms with Crippen LogP contribution < -0.4 is 0 Å². The zero-order chi connectivity index (χ0) is 19.6. The molecular weight excluding hydrogens is 363 g/mol. The van der Waals surface area contributed by atoms with E-state index >= 15 is 0 Å². The first-order chi connectivity index (χ1) is 10.4. The van der Waals surface area contributed by atoms with Crippen molar-refractivity contribution >= 4 is 24.6 Å². The molecule has 0 amide bonds. The summed E-state index contributed by atoms with van der Waals surface area (Å²) in [5.41, 5.74) is -1.97. The Bertz CT molecular complexity index is 506. The summed E-state index contributed by atoms with van der Waals surface area (Å²) in [6.45, 7) is 5.74. The summed E-state index contributed by atoms with van der Waals surface area (Å²) in [6.07, 6.45) is -5.71. The van der Waals surface area contributed by atoms with Crippen LogP contribution in [0.2, 0.25) is 0 Å². The zero-order valence-electron chi connectivity index (χ0n) is 13.3. The first-order valence-corrected chi connectivity index (χ1v) is 6.79. The molecule has 0 aromatic rings. The van der Waals surface area contributed by atoms with Crippen LogP contribution in [-0.4, -0.2) is 41.4 Å². The van der Waals surface area contributed by atoms with Gasteiger partial charge in [-0.1, -0.05) is 6.58 Å². The van der Waals surface area contributed by atoms with Gasteiger partial charge in [0.1, 0.15) is 12.2 Å². The Morgan fingerprint density at radius 3 is 1.79 bits per heavy atom. The molecule has 11 heteroatoms. The van der Waals surface area contributed by atoms with Crippen LogP contribution in [0.3, 0.4) is 0 Å². The zero-order valence-corrected chi connectivity index (χ0v) is 14.2. The smallest absolute Gasteiger partial charge is 0.455 e. The third-order valence-electron chi connectivity index (χ3n) is 2.07. The minimum atomic E-state index is -5.71. The van der Waals surface area contributed by atoms with Crippen LogP contribution in [0.5, 0.6) is 0 Å². The van der Waals surface area contributed by atoms with E-state index < -0.39 is 46.9 Å². The van der Waals surface area contributed by atoms with Gasteiger partial charge in [-0.2, -0.15) is 22.0 Å². The lowest BCUT2D eigenvalue weighted by molar-refractivity contribution is -0.361. The molecule has 0 bridgehead atoms. The van der Waals surface area contributed by atoms with Gasteiger partial charge in [0.15, 0.2) is 0 Å². The van der Waals surface area contributed by atoms with Gasteiger partial charge in [0.25, 0.3) is 0 Å². The predicted molar refractivity (Wildman–Crippen MR) is 75.4 cm³/mol. The number of thiol groups is 1. The Kier molecular flexibility index (Phi) is 6.85. The second-order valence-corrected chi connectivity index (χ2v) is 6.39. The van der Waals surface area contributed by atoms with Crippen molar-refractivity contribution in [3.05, 3.63) is 12.2 Å². The standard InChI is InChI=1S/C13H17F5O5S/c1-7(2)8(19)22-12(13(16,17)18,21-6-11(14,15)24)9(20)23-10(3,4)5/h24H,1,6H2,2-5H3. The summed E-state index contributed by atoms with van der Waals surface area (Å²) in [5.74, 6) is -8.28. The quantitative estimate of drug-likeness (QED) is 0.252. The van der Waals surface area contributed by atoms with Crippen LogP contribution in [0.4, 0.5) is 22.0 Å². The highest BCUT2D eigenvalue weighted by Crippen LogP contribution is 2.39. The van der Waals surface area contributed by atoms with Gasteiger partial charge in [0, 0.05) is 5.57 Å². The van der Waals surface area contributed by atoms with E-state index in [-0.39, 0.29) is 0 Å². The van der Waals surface area contributed by atoms with Gasteiger partial charge < -0.3 is 14.2 Å². The maximum Gasteiger partial charge on any atom is 0.468 e. The summed E-state index contributed by atoms with van der Waals surface area (Å²) in [6, 6.07) is 0. The molecule has 140 valence electrons. The van der Waals surface area contributed by atoms with Gasteiger partial charge in [-0.3, -0.25) is 0 Å². The fourth-order valence-electron chi connectivity index (χ4n) is 1.14. The summed E-state index contributed by atoms with van der Waals surface area (Å²) in [7, 11) is 0. The second kappa shape index (κ2) is 7.26. The highest BCUT2D eigenvalue weighted by atomic mass is 32.1. The lowest BCUT2D eigenvalue weighted by Crippen LogP contribution is -2.60. The number of hydrogen-bond donors (Lipinski definition) is 1. The van der Waals surface area contributed by atoms with Crippen molar-refractivity contribution in [1.82, 2.24) is 0 Å². The first kappa shape index (κ1) is 22.6. The topological polar surface area (TPSA) is 61.8 Å². The number of hydrogen-bond acceptors (Lipinski definition) is 6. The molecule has 0 spiro atoms. The molecule has 0 aromatic carbocycles. The summed E-state index contributed by atoms with van der Waals surface area (Å²) in [4.78, 5) is 23.4. The van der Waals surface area contributed by atoms with E-state index in [1.54, 1.807) is 0 Å². The largest absolute Gasteiger partial charge is 0.468 e. The molecule has 0 rings (SSSR count). The number of carbonyl (C=O) groups is 2. The number of rotatable bonds is 6. The maximum absolute atomic E-state index is 13.4. The van der Waals surface area contributed by atoms with Gasteiger partial charge in [-0.25, -0.2) is 9.59 Å². The van der Waals surface area contributed by atoms with E-state index in [1.807, 2.05) is 0 Å². The SMILES string of the molecule is C=C(C)C(=O)OC(OCC(F)(F)S)(C(=O)OC(C)(C)C)C(F)(F)F. The van der Waals surface area contributed by atoms with Crippen molar-refractivity contribution in [2.45, 2.75) is 50.5 Å². The van der Waals surface area contributed by atoms with Crippen molar-refractivity contribution < 1.29 is 45.8 Å². The lowest BCUT2D eigenvalue weighted by atomic mass is 10.1. The molecule has 0 saturated heterocycles. The van der Waals surface area contributed by atoms with Gasteiger partial charge in [-0.15, -0.1) is 12.6 Å². The van der Waals surface area contributed by atoms with Crippen LogP contribution in [0.25, 0.3) is 0 Å². The molecule has 0 N–H and O–H groups in total. The van der Waals surface area contributed by atoms with Crippen molar-refractivity contribution in [3.8, 4) is 0 Å². The van der Waals surface area contributed by atoms with E-state index in [4.69, 9.17) is 0 Å². The number of halogens is 5. The molecule has 1 unspecified atom stereocenters. The maximum atomic E-state index is 13.4. The molecule has 0 heterocycles. The summed E-state index contributed by atoms with van der Waals surface area (Å²) < 4.78 is 78.3. The van der Waals surface area contributed by atoms with E-state index in [0.29, 0.717) is 0 Å². The van der Waals surface area contributed by atoms with Crippen LogP contribution in [0.1, 0.15) is 27.7 Å². The van der Waals surface area contributed by atoms with Crippen molar-refractivity contribution in [1.29, 1.82) is 0 Å². The Balaban J connectivity index is 5.99. The Morgan fingerprint density at radius 2 is 1.50 bits per heavy atom. The van der Waals surface area contributed by atoms with Gasteiger partial charge >= 0.3 is 29.2 Å². The van der Waals surface area contributed by atoms with Gasteiger partial charge in [0.05, 0.1) is 0 Å². The Morgan fingerprint density at radius 1 is 1.04 bits per heavy atom. The van der Waals surface area contributed by atoms with Gasteiger partial charge in [0.2, 0.25) is 0 Å². The van der Waals surface area contributed by atoms with Crippen LogP contribution in [-0.2, 0) is 23.8 Å². The van der Waals surface area contributed by atoms with Crippen molar-refractivity contribution in [3.63, 3.8) is 0 Å². The molecule has 0 aliphatic carbocycles. The molecule has 0 radical (unpaired) electrons. The third-order valence-corrected chi connectivity index (χ3v) is 2.20. The van der Waals surface area contributed by atoms with E-state index in [1.165, 1.54) is 20.8 Å². The predicted octanol–water partition coefficient (Wildman–Crippen LogP) is 3.25. The lowest BCUT2D eigenvalue weighted by Gasteiger charge is -2.35. The number of carbonyl (C=O) groups excluding carboxylic acids is 2. The van der Waals surface area contributed by atoms with Gasteiger partial charge in [-0.05, 0) is 27.7 Å². The molecule has 0 aliphatic rings. The fraction of sp³-hybridized carbons (Fsp3) is 0.692. The van der Waals surface area contributed by atoms with Crippen molar-refractivity contribution in [2.24, 2.45) is 0 Å². The second-order valence-electron chi connectivity index (χ2n) is 5.74. The highest BCUT2D eigenvalue weighted by Gasteiger charge is 2.69. The first-order valence-electron chi connectivity index (χ1n) is 6.34. The molecule has 1 atom stereocenters. The van der Waals surface area contributed by atoms with E-state index in [9.17, 15) is 31.5 Å². The Hall–Kier alpha value is -1.36. The molecule has 0 fully saturated rings. The average molecular weight is 380 g/mol. The third kappa shape index (κ3) is 6.63. The van der Waals surface area contributed by atoms with Crippen LogP contribution in [0, 0.1) is 0 Å². The minimum absolute atomic E-state index is 0.520. The van der Waals surface area contributed by atoms with Crippen molar-refractivity contribution in [2.75, 3.05) is 6.61 Å². The average Bonchev–Trinajstić information content (AvgIpc) is 2.28. The molecule has 0 aliphatic heterocycles. The number of alkyl halides is 5. The van der Waals surface area contributed by atoms with E-state index in [0.717, 1.165) is 6.92 Å². The highest BCUT2D eigenvalue weighted by molar-refractivity contribution is 7.81. The normalized spacial score (nSPS) is 15.4. The minimum Gasteiger partial charge on any atom is -0.455 e. The molecular formula is C13H17F5O5S. The fourth-order valence-corrected chi connectivity index (χ4v) is 1.20. The number of ether oxygens (including phenoxy) is 3. The van der Waals surface area contributed by atoms with E-state index in [2.05, 4.69) is 33.4 Å². The van der Waals surface area contributed by atoms with Crippen LogP contribution in [0.15, 0.2) is 12.2 Å². The summed E-state index contributed by atoms with van der Waals surface area (Å²) >= 11 is 2.71. The number of esters is 2. The monoisotopic (exact) mass is 380 g/mol. The van der Waals surface area contributed by atoms with Crippen LogP contribution >= 0.6 is 12.6 Å². The summed E-state index contributed by atoms with van der Waals surface area (Å²) in [5, 5.41) is -4.03.